The highest BCUT2D eigenvalue weighted by atomic mass is 16.5. The van der Waals surface area contributed by atoms with Crippen LogP contribution in [-0.4, -0.2) is 10.1 Å². The topological polar surface area (TPSA) is 38.9 Å². The van der Waals surface area contributed by atoms with Crippen LogP contribution in [0.1, 0.15) is 12.6 Å². The van der Waals surface area contributed by atoms with Gasteiger partial charge in [-0.1, -0.05) is 12.1 Å². The largest absolute Gasteiger partial charge is 0.356 e. The van der Waals surface area contributed by atoms with Crippen LogP contribution >= 0.6 is 0 Å². The smallest absolute Gasteiger partial charge is 0.170 e. The van der Waals surface area contributed by atoms with Gasteiger partial charge in [-0.15, -0.1) is 0 Å². The van der Waals surface area contributed by atoms with Gasteiger partial charge in [0, 0.05) is 18.5 Å². The van der Waals surface area contributed by atoms with Crippen LogP contribution in [-0.2, 0) is 6.42 Å². The van der Waals surface area contributed by atoms with Crippen molar-refractivity contribution in [3.05, 3.63) is 24.2 Å². The van der Waals surface area contributed by atoms with E-state index in [4.69, 9.17) is 4.52 Å². The molecule has 2 aromatic heterocycles. The van der Waals surface area contributed by atoms with E-state index in [1.54, 1.807) is 12.4 Å². The van der Waals surface area contributed by atoms with Gasteiger partial charge in [-0.3, -0.25) is 4.98 Å². The summed E-state index contributed by atoms with van der Waals surface area (Å²) >= 11 is 0. The van der Waals surface area contributed by atoms with Crippen molar-refractivity contribution in [3.8, 4) is 0 Å². The van der Waals surface area contributed by atoms with E-state index >= 15 is 0 Å². The molecule has 0 saturated heterocycles. The molecule has 0 N–H and O–H groups in total. The van der Waals surface area contributed by atoms with Gasteiger partial charge in [-0.25, -0.2) is 0 Å². The summed E-state index contributed by atoms with van der Waals surface area (Å²) in [5.74, 6) is 0. The van der Waals surface area contributed by atoms with E-state index < -0.39 is 0 Å². The van der Waals surface area contributed by atoms with Gasteiger partial charge in [0.2, 0.25) is 0 Å². The summed E-state index contributed by atoms with van der Waals surface area (Å²) in [6, 6.07) is 1.82. The minimum absolute atomic E-state index is 0.817. The van der Waals surface area contributed by atoms with Crippen LogP contribution in [0.5, 0.6) is 0 Å². The molecule has 0 saturated carbocycles. The number of nitrogens with zero attached hydrogens (tertiary/aromatic N) is 2. The molecule has 2 aromatic rings. The van der Waals surface area contributed by atoms with E-state index in [9.17, 15) is 0 Å². The number of rotatable bonds is 1. The molecule has 2 heterocycles. The van der Waals surface area contributed by atoms with E-state index in [1.807, 2.05) is 13.0 Å². The fourth-order valence-corrected chi connectivity index (χ4v) is 1.09. The first-order chi connectivity index (χ1) is 5.42. The Balaban J connectivity index is 2.76. The van der Waals surface area contributed by atoms with Gasteiger partial charge < -0.3 is 4.52 Å². The van der Waals surface area contributed by atoms with Crippen LogP contribution in [0.25, 0.3) is 11.0 Å². The number of aryl methyl sites for hydroxylation is 1. The molecule has 0 bridgehead atoms. The summed E-state index contributed by atoms with van der Waals surface area (Å²) in [5.41, 5.74) is 1.80. The minimum atomic E-state index is 0.817. The first-order valence-electron chi connectivity index (χ1n) is 3.60. The average Bonchev–Trinajstić information content (AvgIpc) is 2.47. The van der Waals surface area contributed by atoms with Crippen molar-refractivity contribution >= 4 is 11.0 Å². The Morgan fingerprint density at radius 2 is 2.45 bits per heavy atom. The monoisotopic (exact) mass is 148 g/mol. The molecule has 0 atom stereocenters. The van der Waals surface area contributed by atoms with Crippen molar-refractivity contribution in [1.29, 1.82) is 0 Å². The quantitative estimate of drug-likeness (QED) is 0.618. The summed E-state index contributed by atoms with van der Waals surface area (Å²) in [4.78, 5) is 3.99. The molecule has 56 valence electrons. The molecular formula is C8H8N2O. The molecule has 0 spiro atoms. The molecule has 0 aliphatic heterocycles. The summed E-state index contributed by atoms with van der Waals surface area (Å²) in [5, 5.41) is 4.92. The lowest BCUT2D eigenvalue weighted by molar-refractivity contribution is 0.447. The summed E-state index contributed by atoms with van der Waals surface area (Å²) < 4.78 is 5.05. The highest BCUT2D eigenvalue weighted by Gasteiger charge is 2.03. The van der Waals surface area contributed by atoms with Crippen LogP contribution < -0.4 is 0 Å². The van der Waals surface area contributed by atoms with Gasteiger partial charge in [0.1, 0.15) is 0 Å². The van der Waals surface area contributed by atoms with Crippen molar-refractivity contribution in [2.75, 3.05) is 0 Å². The number of hydrogen-bond donors (Lipinski definition) is 0. The summed E-state index contributed by atoms with van der Waals surface area (Å²) in [6.07, 6.45) is 4.37. The van der Waals surface area contributed by atoms with Gasteiger partial charge >= 0.3 is 0 Å². The molecule has 0 fully saturated rings. The number of pyridine rings is 1. The van der Waals surface area contributed by atoms with E-state index in [0.29, 0.717) is 0 Å². The SMILES string of the molecule is CCc1noc2ccncc12. The Morgan fingerprint density at radius 1 is 1.55 bits per heavy atom. The minimum Gasteiger partial charge on any atom is -0.356 e. The molecule has 2 rings (SSSR count). The lowest BCUT2D eigenvalue weighted by Gasteiger charge is -1.85. The fourth-order valence-electron chi connectivity index (χ4n) is 1.09. The number of aromatic nitrogens is 2. The first-order valence-corrected chi connectivity index (χ1v) is 3.60. The molecule has 0 amide bonds. The number of hydrogen-bond acceptors (Lipinski definition) is 3. The maximum Gasteiger partial charge on any atom is 0.170 e. The Hall–Kier alpha value is -1.38. The number of fused-ring (bicyclic) bond motifs is 1. The van der Waals surface area contributed by atoms with Gasteiger partial charge in [-0.2, -0.15) is 0 Å². The third-order valence-electron chi connectivity index (χ3n) is 1.68. The average molecular weight is 148 g/mol. The van der Waals surface area contributed by atoms with Gasteiger partial charge in [0.15, 0.2) is 5.58 Å². The Bertz CT molecular complexity index is 367. The highest BCUT2D eigenvalue weighted by Crippen LogP contribution is 2.16. The van der Waals surface area contributed by atoms with E-state index in [1.165, 1.54) is 0 Å². The Morgan fingerprint density at radius 3 is 3.27 bits per heavy atom. The molecule has 11 heavy (non-hydrogen) atoms. The van der Waals surface area contributed by atoms with Crippen molar-refractivity contribution in [2.24, 2.45) is 0 Å². The molecule has 0 unspecified atom stereocenters. The Kier molecular flexibility index (Phi) is 1.35. The lowest BCUT2D eigenvalue weighted by Crippen LogP contribution is -1.78. The van der Waals surface area contributed by atoms with Crippen molar-refractivity contribution in [2.45, 2.75) is 13.3 Å². The van der Waals surface area contributed by atoms with Gasteiger partial charge in [0.25, 0.3) is 0 Å². The van der Waals surface area contributed by atoms with Crippen LogP contribution in [0.15, 0.2) is 23.0 Å². The van der Waals surface area contributed by atoms with Crippen LogP contribution in [0, 0.1) is 0 Å². The second-order valence-corrected chi connectivity index (χ2v) is 2.35. The van der Waals surface area contributed by atoms with E-state index in [2.05, 4.69) is 10.1 Å². The zero-order valence-corrected chi connectivity index (χ0v) is 6.24. The first kappa shape index (κ1) is 6.34. The van der Waals surface area contributed by atoms with E-state index in [0.717, 1.165) is 23.1 Å². The standard InChI is InChI=1S/C8H8N2O/c1-2-7-6-5-9-4-3-8(6)11-10-7/h3-5H,2H2,1H3. The predicted octanol–water partition coefficient (Wildman–Crippen LogP) is 1.79. The van der Waals surface area contributed by atoms with Crippen molar-refractivity contribution in [1.82, 2.24) is 10.1 Å². The summed E-state index contributed by atoms with van der Waals surface area (Å²) in [7, 11) is 0. The zero-order valence-electron chi connectivity index (χ0n) is 6.24. The molecule has 0 aliphatic carbocycles. The highest BCUT2D eigenvalue weighted by molar-refractivity contribution is 5.77. The van der Waals surface area contributed by atoms with Crippen molar-refractivity contribution < 1.29 is 4.52 Å². The fraction of sp³-hybridized carbons (Fsp3) is 0.250. The van der Waals surface area contributed by atoms with Crippen LogP contribution in [0.4, 0.5) is 0 Å². The molecule has 0 aliphatic rings. The van der Waals surface area contributed by atoms with Gasteiger partial charge in [0.05, 0.1) is 11.1 Å². The maximum absolute atomic E-state index is 5.05. The predicted molar refractivity (Wildman–Crippen MR) is 41.2 cm³/mol. The molecule has 3 nitrogen and oxygen atoms in total. The Labute approximate surface area is 64.0 Å². The molecule has 0 aromatic carbocycles. The zero-order chi connectivity index (χ0) is 7.68. The normalized spacial score (nSPS) is 10.6. The second-order valence-electron chi connectivity index (χ2n) is 2.35. The molecular weight excluding hydrogens is 140 g/mol. The van der Waals surface area contributed by atoms with Crippen molar-refractivity contribution in [3.63, 3.8) is 0 Å². The maximum atomic E-state index is 5.05. The molecule has 0 radical (unpaired) electrons. The third kappa shape index (κ3) is 0.888. The third-order valence-corrected chi connectivity index (χ3v) is 1.68. The molecule has 3 heteroatoms. The summed E-state index contributed by atoms with van der Waals surface area (Å²) in [6.45, 7) is 2.05. The second kappa shape index (κ2) is 2.34. The van der Waals surface area contributed by atoms with Gasteiger partial charge in [-0.05, 0) is 6.42 Å². The van der Waals surface area contributed by atoms with Crippen LogP contribution in [0.2, 0.25) is 0 Å². The van der Waals surface area contributed by atoms with E-state index in [-0.39, 0.29) is 0 Å². The lowest BCUT2D eigenvalue weighted by atomic mass is 10.2. The van der Waals surface area contributed by atoms with Crippen LogP contribution in [0.3, 0.4) is 0 Å².